The van der Waals surface area contributed by atoms with Gasteiger partial charge >= 0.3 is 129 Å². The fourth-order valence-electron chi connectivity index (χ4n) is 2.89. The SMILES string of the molecule is CN(C)CP12(OC(C)(C)C(C)(C)O1)OC(C)(C)C(C)(C)O2. The fraction of sp³-hybridized carbons (Fsp3) is 1.00. The maximum atomic E-state index is 6.50. The number of hydrogen-bond acceptors (Lipinski definition) is 5. The summed E-state index contributed by atoms with van der Waals surface area (Å²) < 4.78 is 26.0. The van der Waals surface area contributed by atoms with E-state index in [4.69, 9.17) is 18.1 Å². The summed E-state index contributed by atoms with van der Waals surface area (Å²) in [6.45, 7) is 16.3. The minimum absolute atomic E-state index is 0.489. The van der Waals surface area contributed by atoms with E-state index in [1.54, 1.807) is 0 Å². The van der Waals surface area contributed by atoms with Gasteiger partial charge in [0.25, 0.3) is 0 Å². The second-order valence-electron chi connectivity index (χ2n) is 8.59. The Hall–Kier alpha value is 0.230. The fourth-order valence-corrected chi connectivity index (χ4v) is 8.68. The summed E-state index contributed by atoms with van der Waals surface area (Å²) in [6, 6.07) is 0. The van der Waals surface area contributed by atoms with Crippen LogP contribution in [0.25, 0.3) is 0 Å². The van der Waals surface area contributed by atoms with Gasteiger partial charge in [0, 0.05) is 0 Å². The second-order valence-corrected chi connectivity index (χ2v) is 11.5. The molecule has 5 nitrogen and oxygen atoms in total. The number of rotatable bonds is 2. The van der Waals surface area contributed by atoms with Crippen LogP contribution in [0.5, 0.6) is 0 Å². The molecule has 0 aromatic heterocycles. The zero-order valence-corrected chi connectivity index (χ0v) is 16.1. The zero-order valence-electron chi connectivity index (χ0n) is 15.2. The molecule has 2 aliphatic rings. The van der Waals surface area contributed by atoms with Crippen LogP contribution in [0.1, 0.15) is 55.4 Å². The van der Waals surface area contributed by atoms with Crippen LogP contribution in [0, 0.1) is 0 Å². The van der Waals surface area contributed by atoms with E-state index in [1.165, 1.54) is 0 Å². The predicted molar refractivity (Wildman–Crippen MR) is 86.1 cm³/mol. The number of hydrogen-bond donors (Lipinski definition) is 0. The molecule has 2 rings (SSSR count). The monoisotopic (exact) mass is 321 g/mol. The first-order valence-electron chi connectivity index (χ1n) is 7.57. The van der Waals surface area contributed by atoms with Gasteiger partial charge in [-0.2, -0.15) is 0 Å². The van der Waals surface area contributed by atoms with Crippen molar-refractivity contribution in [1.82, 2.24) is 4.90 Å². The molecule has 2 aliphatic heterocycles. The molecule has 21 heavy (non-hydrogen) atoms. The van der Waals surface area contributed by atoms with Crippen molar-refractivity contribution in [3.63, 3.8) is 0 Å². The van der Waals surface area contributed by atoms with Crippen molar-refractivity contribution in [2.75, 3.05) is 20.4 Å². The molecule has 126 valence electrons. The van der Waals surface area contributed by atoms with Gasteiger partial charge in [0.2, 0.25) is 0 Å². The third-order valence-corrected chi connectivity index (χ3v) is 9.30. The number of nitrogens with zero attached hydrogens (tertiary/aromatic N) is 1. The topological polar surface area (TPSA) is 40.2 Å². The Morgan fingerprint density at radius 3 is 1.05 bits per heavy atom. The Labute approximate surface area is 129 Å². The van der Waals surface area contributed by atoms with Crippen LogP contribution in [0.4, 0.5) is 0 Å². The summed E-state index contributed by atoms with van der Waals surface area (Å²) in [5.74, 6) is 0. The summed E-state index contributed by atoms with van der Waals surface area (Å²) in [5, 5.41) is 0. The van der Waals surface area contributed by atoms with Gasteiger partial charge in [-0.3, -0.25) is 0 Å². The first-order chi connectivity index (χ1) is 9.06. The maximum absolute atomic E-state index is 6.50. The molecule has 0 aromatic carbocycles. The molecule has 0 amide bonds. The first-order valence-corrected chi connectivity index (χ1v) is 9.67. The van der Waals surface area contributed by atoms with Crippen LogP contribution in [0.2, 0.25) is 0 Å². The van der Waals surface area contributed by atoms with Crippen molar-refractivity contribution in [3.8, 4) is 0 Å². The van der Waals surface area contributed by atoms with E-state index in [0.717, 1.165) is 0 Å². The molecule has 0 aliphatic carbocycles. The van der Waals surface area contributed by atoms with E-state index in [1.807, 2.05) is 74.4 Å². The molecule has 2 heterocycles. The van der Waals surface area contributed by atoms with E-state index in [9.17, 15) is 0 Å². The van der Waals surface area contributed by atoms with Gasteiger partial charge in [-0.05, 0) is 0 Å². The first kappa shape index (κ1) is 17.6. The van der Waals surface area contributed by atoms with Crippen LogP contribution in [0.15, 0.2) is 0 Å². The standard InChI is InChI=1S/C15H32NO4P/c1-12(2)13(3,4)18-21(17-12,11-16(9)10)19-14(5,6)15(7,8)20-21/h11H2,1-10H3. The van der Waals surface area contributed by atoms with Crippen LogP contribution < -0.4 is 0 Å². The van der Waals surface area contributed by atoms with E-state index in [0.29, 0.717) is 6.29 Å². The molecule has 0 bridgehead atoms. The molecule has 0 N–H and O–H groups in total. The zero-order chi connectivity index (χ0) is 16.6. The Morgan fingerprint density at radius 1 is 0.619 bits per heavy atom. The van der Waals surface area contributed by atoms with E-state index in [2.05, 4.69) is 0 Å². The molecule has 0 radical (unpaired) electrons. The third-order valence-electron chi connectivity index (χ3n) is 5.03. The van der Waals surface area contributed by atoms with Crippen molar-refractivity contribution >= 4 is 7.51 Å². The summed E-state index contributed by atoms with van der Waals surface area (Å²) >= 11 is 0. The average molecular weight is 321 g/mol. The molecule has 0 aromatic rings. The molecular weight excluding hydrogens is 289 g/mol. The summed E-state index contributed by atoms with van der Waals surface area (Å²) in [6.07, 6.45) is 0.491. The Bertz CT molecular complexity index is 381. The molecular formula is C15H32NO4P. The normalized spacial score (nSPS) is 35.7. The van der Waals surface area contributed by atoms with Crippen molar-refractivity contribution in [1.29, 1.82) is 0 Å². The van der Waals surface area contributed by atoms with Crippen LogP contribution >= 0.6 is 7.51 Å². The molecule has 1 spiro atoms. The minimum atomic E-state index is -3.69. The van der Waals surface area contributed by atoms with Crippen molar-refractivity contribution in [3.05, 3.63) is 0 Å². The van der Waals surface area contributed by atoms with E-state index < -0.39 is 29.9 Å². The van der Waals surface area contributed by atoms with Crippen LogP contribution in [0.3, 0.4) is 0 Å². The predicted octanol–water partition coefficient (Wildman–Crippen LogP) is 3.93. The molecule has 0 atom stereocenters. The average Bonchev–Trinajstić information content (AvgIpc) is 2.31. The summed E-state index contributed by atoms with van der Waals surface area (Å²) in [4.78, 5) is 2.02. The van der Waals surface area contributed by atoms with Crippen molar-refractivity contribution < 1.29 is 18.1 Å². The molecule has 6 heteroatoms. The van der Waals surface area contributed by atoms with Gasteiger partial charge in [0.1, 0.15) is 0 Å². The molecule has 0 unspecified atom stereocenters. The van der Waals surface area contributed by atoms with Gasteiger partial charge in [-0.25, -0.2) is 0 Å². The third kappa shape index (κ3) is 2.46. The van der Waals surface area contributed by atoms with Gasteiger partial charge in [0.15, 0.2) is 0 Å². The van der Waals surface area contributed by atoms with Crippen molar-refractivity contribution in [2.45, 2.75) is 77.8 Å². The second kappa shape index (κ2) is 4.19. The summed E-state index contributed by atoms with van der Waals surface area (Å²) in [5.41, 5.74) is -1.96. The van der Waals surface area contributed by atoms with Gasteiger partial charge in [-0.15, -0.1) is 0 Å². The van der Waals surface area contributed by atoms with Crippen molar-refractivity contribution in [2.24, 2.45) is 0 Å². The van der Waals surface area contributed by atoms with E-state index >= 15 is 0 Å². The molecule has 2 saturated heterocycles. The Balaban J connectivity index is 2.57. The Kier molecular flexibility index (Phi) is 3.51. The van der Waals surface area contributed by atoms with Crippen LogP contribution in [-0.4, -0.2) is 47.7 Å². The van der Waals surface area contributed by atoms with E-state index in [-0.39, 0.29) is 0 Å². The molecule has 2 fully saturated rings. The van der Waals surface area contributed by atoms with Gasteiger partial charge in [0.05, 0.1) is 0 Å². The molecule has 0 saturated carbocycles. The quantitative estimate of drug-likeness (QED) is 0.721. The summed E-state index contributed by atoms with van der Waals surface area (Å²) in [7, 11) is 0.275. The van der Waals surface area contributed by atoms with Gasteiger partial charge in [-0.1, -0.05) is 0 Å². The Morgan fingerprint density at radius 2 is 0.857 bits per heavy atom. The van der Waals surface area contributed by atoms with Gasteiger partial charge < -0.3 is 0 Å². The van der Waals surface area contributed by atoms with Crippen LogP contribution in [-0.2, 0) is 18.1 Å².